The van der Waals surface area contributed by atoms with Crippen molar-refractivity contribution >= 4 is 17.3 Å². The van der Waals surface area contributed by atoms with Gasteiger partial charge < -0.3 is 16.4 Å². The Balaban J connectivity index is 1.59. The van der Waals surface area contributed by atoms with Crippen molar-refractivity contribution < 1.29 is 4.79 Å². The summed E-state index contributed by atoms with van der Waals surface area (Å²) in [6, 6.07) is 18.3. The molecule has 2 aromatic rings. The second-order valence-corrected chi connectivity index (χ2v) is 7.02. The first-order valence-corrected chi connectivity index (χ1v) is 9.09. The first-order valence-electron chi connectivity index (χ1n) is 9.09. The second kappa shape index (κ2) is 7.70. The van der Waals surface area contributed by atoms with Gasteiger partial charge >= 0.3 is 0 Å². The number of hydrogen-bond acceptors (Lipinski definition) is 3. The standard InChI is InChI=1S/C21H27N3O/c1-16(17-8-4-2-5-9-17)23-18-10-12-19(13-11-18)24-20(25)21(22)14-6-3-7-15-21/h2,4-5,8-13,16,23H,3,6-7,14-15,22H2,1H3,(H,24,25). The summed E-state index contributed by atoms with van der Waals surface area (Å²) in [5, 5.41) is 6.44. The predicted molar refractivity (Wildman–Crippen MR) is 104 cm³/mol. The van der Waals surface area contributed by atoms with Gasteiger partial charge in [-0.2, -0.15) is 0 Å². The molecule has 0 radical (unpaired) electrons. The Hall–Kier alpha value is -2.33. The molecule has 0 heterocycles. The van der Waals surface area contributed by atoms with E-state index in [1.54, 1.807) is 0 Å². The molecule has 0 bridgehead atoms. The Morgan fingerprint density at radius 1 is 0.960 bits per heavy atom. The molecule has 1 fully saturated rings. The fraction of sp³-hybridized carbons (Fsp3) is 0.381. The summed E-state index contributed by atoms with van der Waals surface area (Å²) >= 11 is 0. The lowest BCUT2D eigenvalue weighted by Gasteiger charge is -2.31. The number of benzene rings is 2. The highest BCUT2D eigenvalue weighted by atomic mass is 16.2. The van der Waals surface area contributed by atoms with E-state index in [0.717, 1.165) is 37.1 Å². The maximum absolute atomic E-state index is 12.5. The number of anilines is 2. The smallest absolute Gasteiger partial charge is 0.244 e. The minimum atomic E-state index is -0.711. The van der Waals surface area contributed by atoms with Crippen molar-refractivity contribution in [2.24, 2.45) is 5.73 Å². The summed E-state index contributed by atoms with van der Waals surface area (Å²) < 4.78 is 0. The van der Waals surface area contributed by atoms with Gasteiger partial charge in [0.05, 0.1) is 5.54 Å². The molecule has 4 N–H and O–H groups in total. The summed E-state index contributed by atoms with van der Waals surface area (Å²) in [4.78, 5) is 12.5. The van der Waals surface area contributed by atoms with E-state index in [1.807, 2.05) is 42.5 Å². The van der Waals surface area contributed by atoms with Gasteiger partial charge in [0.25, 0.3) is 0 Å². The van der Waals surface area contributed by atoms with Crippen LogP contribution in [-0.4, -0.2) is 11.4 Å². The van der Waals surface area contributed by atoms with Crippen LogP contribution in [0.1, 0.15) is 50.6 Å². The van der Waals surface area contributed by atoms with Gasteiger partial charge in [0.1, 0.15) is 0 Å². The highest BCUT2D eigenvalue weighted by Crippen LogP contribution is 2.27. The van der Waals surface area contributed by atoms with Gasteiger partial charge in [-0.3, -0.25) is 4.79 Å². The molecule has 1 saturated carbocycles. The molecule has 1 aliphatic carbocycles. The van der Waals surface area contributed by atoms with Crippen molar-refractivity contribution in [2.45, 2.75) is 50.6 Å². The molecule has 1 amide bonds. The van der Waals surface area contributed by atoms with E-state index >= 15 is 0 Å². The number of rotatable bonds is 5. The van der Waals surface area contributed by atoms with Crippen LogP contribution in [0.4, 0.5) is 11.4 Å². The second-order valence-electron chi connectivity index (χ2n) is 7.02. The summed E-state index contributed by atoms with van der Waals surface area (Å²) in [7, 11) is 0. The predicted octanol–water partition coefficient (Wildman–Crippen LogP) is 4.46. The van der Waals surface area contributed by atoms with Crippen LogP contribution in [0, 0.1) is 0 Å². The van der Waals surface area contributed by atoms with Gasteiger partial charge in [-0.15, -0.1) is 0 Å². The fourth-order valence-electron chi connectivity index (χ4n) is 3.39. The van der Waals surface area contributed by atoms with Crippen molar-refractivity contribution in [3.8, 4) is 0 Å². The zero-order valence-corrected chi connectivity index (χ0v) is 14.8. The third-order valence-corrected chi connectivity index (χ3v) is 5.02. The SMILES string of the molecule is CC(Nc1ccc(NC(=O)C2(N)CCCCC2)cc1)c1ccccc1. The zero-order chi connectivity index (χ0) is 17.7. The molecule has 4 heteroatoms. The van der Waals surface area contributed by atoms with Crippen LogP contribution in [-0.2, 0) is 4.79 Å². The molecule has 1 unspecified atom stereocenters. The Morgan fingerprint density at radius 3 is 2.20 bits per heavy atom. The molecule has 132 valence electrons. The van der Waals surface area contributed by atoms with Crippen molar-refractivity contribution in [1.29, 1.82) is 0 Å². The Labute approximate surface area is 149 Å². The molecule has 0 saturated heterocycles. The van der Waals surface area contributed by atoms with E-state index in [0.29, 0.717) is 0 Å². The van der Waals surface area contributed by atoms with Gasteiger partial charge in [0, 0.05) is 17.4 Å². The minimum absolute atomic E-state index is 0.0643. The lowest BCUT2D eigenvalue weighted by Crippen LogP contribution is -2.52. The topological polar surface area (TPSA) is 67.1 Å². The van der Waals surface area contributed by atoms with Gasteiger partial charge in [-0.05, 0) is 49.6 Å². The van der Waals surface area contributed by atoms with E-state index in [4.69, 9.17) is 5.73 Å². The summed E-state index contributed by atoms with van der Waals surface area (Å²) in [5.74, 6) is -0.0643. The quantitative estimate of drug-likeness (QED) is 0.754. The van der Waals surface area contributed by atoms with E-state index < -0.39 is 5.54 Å². The zero-order valence-electron chi connectivity index (χ0n) is 14.8. The maximum Gasteiger partial charge on any atom is 0.244 e. The molecule has 1 atom stereocenters. The van der Waals surface area contributed by atoms with Gasteiger partial charge in [-0.25, -0.2) is 0 Å². The molecule has 25 heavy (non-hydrogen) atoms. The Bertz CT molecular complexity index is 691. The van der Waals surface area contributed by atoms with Crippen LogP contribution in [0.2, 0.25) is 0 Å². The van der Waals surface area contributed by atoms with E-state index in [-0.39, 0.29) is 11.9 Å². The molecular formula is C21H27N3O. The fourth-order valence-corrected chi connectivity index (χ4v) is 3.39. The van der Waals surface area contributed by atoms with E-state index in [9.17, 15) is 4.79 Å². The van der Waals surface area contributed by atoms with Crippen molar-refractivity contribution in [3.63, 3.8) is 0 Å². The van der Waals surface area contributed by atoms with Crippen LogP contribution in [0.5, 0.6) is 0 Å². The highest BCUT2D eigenvalue weighted by molar-refractivity contribution is 5.98. The van der Waals surface area contributed by atoms with E-state index in [1.165, 1.54) is 12.0 Å². The average molecular weight is 337 g/mol. The van der Waals surface area contributed by atoms with Gasteiger partial charge in [-0.1, -0.05) is 49.6 Å². The van der Waals surface area contributed by atoms with Gasteiger partial charge in [0.15, 0.2) is 0 Å². The minimum Gasteiger partial charge on any atom is -0.379 e. The molecule has 3 rings (SSSR count). The molecule has 0 aliphatic heterocycles. The summed E-state index contributed by atoms with van der Waals surface area (Å²) in [5.41, 5.74) is 8.63. The monoisotopic (exact) mass is 337 g/mol. The maximum atomic E-state index is 12.5. The van der Waals surface area contributed by atoms with Crippen LogP contribution in [0.25, 0.3) is 0 Å². The van der Waals surface area contributed by atoms with Crippen LogP contribution in [0.3, 0.4) is 0 Å². The van der Waals surface area contributed by atoms with Crippen molar-refractivity contribution in [3.05, 3.63) is 60.2 Å². The molecule has 1 aliphatic rings. The van der Waals surface area contributed by atoms with E-state index in [2.05, 4.69) is 29.7 Å². The number of hydrogen-bond donors (Lipinski definition) is 3. The third-order valence-electron chi connectivity index (χ3n) is 5.02. The number of nitrogens with two attached hydrogens (primary N) is 1. The molecule has 0 spiro atoms. The molecule has 4 nitrogen and oxygen atoms in total. The molecule has 0 aromatic heterocycles. The average Bonchev–Trinajstić information content (AvgIpc) is 2.64. The Morgan fingerprint density at radius 2 is 1.56 bits per heavy atom. The largest absolute Gasteiger partial charge is 0.379 e. The van der Waals surface area contributed by atoms with Gasteiger partial charge in [0.2, 0.25) is 5.91 Å². The summed E-state index contributed by atoms with van der Waals surface area (Å²) in [6.07, 6.45) is 4.78. The lowest BCUT2D eigenvalue weighted by atomic mass is 9.82. The first kappa shape index (κ1) is 17.5. The number of nitrogens with one attached hydrogen (secondary N) is 2. The third kappa shape index (κ3) is 4.40. The Kier molecular flexibility index (Phi) is 5.39. The van der Waals surface area contributed by atoms with Crippen LogP contribution < -0.4 is 16.4 Å². The highest BCUT2D eigenvalue weighted by Gasteiger charge is 2.35. The van der Waals surface area contributed by atoms with Crippen molar-refractivity contribution in [2.75, 3.05) is 10.6 Å². The van der Waals surface area contributed by atoms with Crippen LogP contribution >= 0.6 is 0 Å². The van der Waals surface area contributed by atoms with Crippen molar-refractivity contribution in [1.82, 2.24) is 0 Å². The number of carbonyl (C=O) groups excluding carboxylic acids is 1. The summed E-state index contributed by atoms with van der Waals surface area (Å²) in [6.45, 7) is 2.13. The first-order chi connectivity index (χ1) is 12.1. The number of carbonyl (C=O) groups is 1. The molecule has 2 aromatic carbocycles. The normalized spacial score (nSPS) is 17.5. The lowest BCUT2D eigenvalue weighted by molar-refractivity contribution is -0.122. The molecular weight excluding hydrogens is 310 g/mol. The number of amides is 1. The van der Waals surface area contributed by atoms with Crippen LogP contribution in [0.15, 0.2) is 54.6 Å².